The smallest absolute Gasteiger partial charge is 0.255 e. The minimum Gasteiger partial charge on any atom is -0.385 e. The molecule has 1 aliphatic carbocycles. The number of carbonyl (C=O) groups is 1. The van der Waals surface area contributed by atoms with Crippen molar-refractivity contribution in [2.24, 2.45) is 5.92 Å². The van der Waals surface area contributed by atoms with Gasteiger partial charge in [0, 0.05) is 23.2 Å². The molecule has 2 aromatic carbocycles. The molecular formula is C24H27N3O. The van der Waals surface area contributed by atoms with Gasteiger partial charge >= 0.3 is 0 Å². The first-order chi connectivity index (χ1) is 13.7. The summed E-state index contributed by atoms with van der Waals surface area (Å²) in [6.07, 6.45) is 8.44. The number of amides is 1. The topological polar surface area (TPSA) is 54.0 Å². The molecule has 1 aliphatic rings. The van der Waals surface area contributed by atoms with Crippen molar-refractivity contribution in [3.05, 3.63) is 65.9 Å². The zero-order valence-corrected chi connectivity index (χ0v) is 16.4. The van der Waals surface area contributed by atoms with Crippen molar-refractivity contribution in [2.75, 3.05) is 17.2 Å². The van der Waals surface area contributed by atoms with E-state index in [0.29, 0.717) is 11.3 Å². The average Bonchev–Trinajstić information content (AvgIpc) is 2.73. The summed E-state index contributed by atoms with van der Waals surface area (Å²) in [6, 6.07) is 15.7. The van der Waals surface area contributed by atoms with Crippen molar-refractivity contribution in [2.45, 2.75) is 39.0 Å². The van der Waals surface area contributed by atoms with Gasteiger partial charge in [0.1, 0.15) is 0 Å². The molecule has 4 rings (SSSR count). The predicted molar refractivity (Wildman–Crippen MR) is 116 cm³/mol. The van der Waals surface area contributed by atoms with E-state index in [-0.39, 0.29) is 5.91 Å². The Morgan fingerprint density at radius 1 is 1.07 bits per heavy atom. The summed E-state index contributed by atoms with van der Waals surface area (Å²) in [5, 5.41) is 7.55. The fraction of sp³-hybridized carbons (Fsp3) is 0.333. The highest BCUT2D eigenvalue weighted by atomic mass is 16.1. The van der Waals surface area contributed by atoms with Gasteiger partial charge in [-0.3, -0.25) is 9.78 Å². The first-order valence-electron chi connectivity index (χ1n) is 10.2. The Morgan fingerprint density at radius 3 is 2.71 bits per heavy atom. The Balaban J connectivity index is 1.41. The number of hydrogen-bond donors (Lipinski definition) is 2. The summed E-state index contributed by atoms with van der Waals surface area (Å²) in [5.74, 6) is 0.663. The molecule has 1 fully saturated rings. The third kappa shape index (κ3) is 4.33. The van der Waals surface area contributed by atoms with E-state index in [4.69, 9.17) is 0 Å². The van der Waals surface area contributed by atoms with E-state index in [9.17, 15) is 4.79 Å². The van der Waals surface area contributed by atoms with Gasteiger partial charge in [0.05, 0.1) is 17.4 Å². The molecule has 1 amide bonds. The monoisotopic (exact) mass is 373 g/mol. The number of nitrogens with zero attached hydrogens (tertiary/aromatic N) is 1. The summed E-state index contributed by atoms with van der Waals surface area (Å²) in [5.41, 5.74) is 4.51. The molecule has 0 unspecified atom stereocenters. The molecular weight excluding hydrogens is 346 g/mol. The number of aromatic nitrogens is 1. The zero-order chi connectivity index (χ0) is 19.3. The standard InChI is InChI=1S/C24H27N3O/c1-17-13-20(11-12-22(17)25-15-18-7-3-2-4-8-18)24(28)27-21-14-19-9-5-6-10-23(19)26-16-21/h5-6,9-14,16,18,25H,2-4,7-8,15H2,1H3,(H,27,28). The Kier molecular flexibility index (Phi) is 5.56. The number of aryl methyl sites for hydroxylation is 1. The second-order valence-electron chi connectivity index (χ2n) is 7.79. The third-order valence-electron chi connectivity index (χ3n) is 5.64. The van der Waals surface area contributed by atoms with Crippen LogP contribution in [0, 0.1) is 12.8 Å². The van der Waals surface area contributed by atoms with Gasteiger partial charge in [0.2, 0.25) is 0 Å². The number of hydrogen-bond acceptors (Lipinski definition) is 3. The molecule has 0 bridgehead atoms. The Labute approximate surface area is 166 Å². The molecule has 1 aromatic heterocycles. The number of para-hydroxylation sites is 1. The number of pyridine rings is 1. The van der Waals surface area contributed by atoms with Crippen LogP contribution in [0.1, 0.15) is 48.0 Å². The Hall–Kier alpha value is -2.88. The highest BCUT2D eigenvalue weighted by Gasteiger charge is 2.14. The lowest BCUT2D eigenvalue weighted by molar-refractivity contribution is 0.102. The quantitative estimate of drug-likeness (QED) is 0.595. The third-order valence-corrected chi connectivity index (χ3v) is 5.64. The fourth-order valence-corrected chi connectivity index (χ4v) is 3.99. The van der Waals surface area contributed by atoms with Crippen LogP contribution in [-0.2, 0) is 0 Å². The van der Waals surface area contributed by atoms with Crippen molar-refractivity contribution >= 4 is 28.2 Å². The molecule has 0 radical (unpaired) electrons. The van der Waals surface area contributed by atoms with Crippen LogP contribution in [0.15, 0.2) is 54.7 Å². The molecule has 2 N–H and O–H groups in total. The van der Waals surface area contributed by atoms with Gasteiger partial charge in [-0.1, -0.05) is 37.5 Å². The van der Waals surface area contributed by atoms with Crippen LogP contribution in [0.3, 0.4) is 0 Å². The molecule has 4 nitrogen and oxygen atoms in total. The second kappa shape index (κ2) is 8.42. The number of anilines is 2. The Morgan fingerprint density at radius 2 is 1.89 bits per heavy atom. The number of rotatable bonds is 5. The predicted octanol–water partition coefficient (Wildman–Crippen LogP) is 5.79. The van der Waals surface area contributed by atoms with E-state index in [2.05, 4.69) is 22.5 Å². The maximum atomic E-state index is 12.7. The number of carbonyl (C=O) groups excluding carboxylic acids is 1. The molecule has 0 atom stereocenters. The molecule has 1 heterocycles. The summed E-state index contributed by atoms with van der Waals surface area (Å²) in [4.78, 5) is 17.1. The first-order valence-corrected chi connectivity index (χ1v) is 10.2. The van der Waals surface area contributed by atoms with Crippen molar-refractivity contribution in [1.82, 2.24) is 4.98 Å². The summed E-state index contributed by atoms with van der Waals surface area (Å²) in [7, 11) is 0. The molecule has 0 spiro atoms. The Bertz CT molecular complexity index is 977. The van der Waals surface area contributed by atoms with Crippen molar-refractivity contribution < 1.29 is 4.79 Å². The van der Waals surface area contributed by atoms with Crippen molar-refractivity contribution in [3.8, 4) is 0 Å². The van der Waals surface area contributed by atoms with E-state index in [1.807, 2.05) is 48.5 Å². The first kappa shape index (κ1) is 18.5. The molecule has 0 saturated heterocycles. The van der Waals surface area contributed by atoms with Gasteiger partial charge in [-0.15, -0.1) is 0 Å². The van der Waals surface area contributed by atoms with Gasteiger partial charge < -0.3 is 10.6 Å². The SMILES string of the molecule is Cc1cc(C(=O)Nc2cnc3ccccc3c2)ccc1NCC1CCCCC1. The summed E-state index contributed by atoms with van der Waals surface area (Å²) < 4.78 is 0. The molecule has 1 saturated carbocycles. The lowest BCUT2D eigenvalue weighted by atomic mass is 9.89. The minimum absolute atomic E-state index is 0.112. The second-order valence-corrected chi connectivity index (χ2v) is 7.79. The fourth-order valence-electron chi connectivity index (χ4n) is 3.99. The van der Waals surface area contributed by atoms with Crippen LogP contribution in [0.5, 0.6) is 0 Å². The maximum Gasteiger partial charge on any atom is 0.255 e. The van der Waals surface area contributed by atoms with Crippen molar-refractivity contribution in [3.63, 3.8) is 0 Å². The lowest BCUT2D eigenvalue weighted by Gasteiger charge is -2.23. The highest BCUT2D eigenvalue weighted by molar-refractivity contribution is 6.05. The highest BCUT2D eigenvalue weighted by Crippen LogP contribution is 2.25. The summed E-state index contributed by atoms with van der Waals surface area (Å²) in [6.45, 7) is 3.08. The molecule has 3 aromatic rings. The normalized spacial score (nSPS) is 14.8. The number of nitrogens with one attached hydrogen (secondary N) is 2. The number of fused-ring (bicyclic) bond motifs is 1. The lowest BCUT2D eigenvalue weighted by Crippen LogP contribution is -2.18. The van der Waals surface area contributed by atoms with Gasteiger partial charge in [0.25, 0.3) is 5.91 Å². The van der Waals surface area contributed by atoms with Gasteiger partial charge in [0.15, 0.2) is 0 Å². The van der Waals surface area contributed by atoms with E-state index < -0.39 is 0 Å². The van der Waals surface area contributed by atoms with E-state index in [1.165, 1.54) is 32.1 Å². The van der Waals surface area contributed by atoms with E-state index in [1.54, 1.807) is 6.20 Å². The summed E-state index contributed by atoms with van der Waals surface area (Å²) >= 11 is 0. The van der Waals surface area contributed by atoms with Crippen LogP contribution in [0.4, 0.5) is 11.4 Å². The number of benzene rings is 2. The van der Waals surface area contributed by atoms with Gasteiger partial charge in [-0.25, -0.2) is 0 Å². The van der Waals surface area contributed by atoms with Gasteiger partial charge in [-0.2, -0.15) is 0 Å². The average molecular weight is 374 g/mol. The largest absolute Gasteiger partial charge is 0.385 e. The van der Waals surface area contributed by atoms with Crippen LogP contribution in [0.25, 0.3) is 10.9 Å². The maximum absolute atomic E-state index is 12.7. The van der Waals surface area contributed by atoms with E-state index >= 15 is 0 Å². The minimum atomic E-state index is -0.112. The van der Waals surface area contributed by atoms with Crippen LogP contribution >= 0.6 is 0 Å². The van der Waals surface area contributed by atoms with Crippen LogP contribution in [0.2, 0.25) is 0 Å². The van der Waals surface area contributed by atoms with Crippen molar-refractivity contribution in [1.29, 1.82) is 0 Å². The zero-order valence-electron chi connectivity index (χ0n) is 16.4. The van der Waals surface area contributed by atoms with Crippen LogP contribution < -0.4 is 10.6 Å². The molecule has 0 aliphatic heterocycles. The van der Waals surface area contributed by atoms with Crippen LogP contribution in [-0.4, -0.2) is 17.4 Å². The van der Waals surface area contributed by atoms with Gasteiger partial charge in [-0.05, 0) is 61.6 Å². The molecule has 28 heavy (non-hydrogen) atoms. The molecule has 144 valence electrons. The van der Waals surface area contributed by atoms with E-state index in [0.717, 1.165) is 34.6 Å². The molecule has 4 heteroatoms.